The van der Waals surface area contributed by atoms with Gasteiger partial charge in [-0.25, -0.2) is 0 Å². The van der Waals surface area contributed by atoms with Crippen molar-refractivity contribution in [1.82, 2.24) is 4.90 Å². The van der Waals surface area contributed by atoms with E-state index in [-0.39, 0.29) is 6.10 Å². The monoisotopic (exact) mass is 390 g/mol. The van der Waals surface area contributed by atoms with E-state index in [0.717, 1.165) is 40.5 Å². The van der Waals surface area contributed by atoms with E-state index in [9.17, 15) is 0 Å². The van der Waals surface area contributed by atoms with Gasteiger partial charge in [0.25, 0.3) is 0 Å². The number of para-hydroxylation sites is 1. The Hall–Kier alpha value is -1.59. The molecule has 1 heterocycles. The zero-order valence-corrected chi connectivity index (χ0v) is 15.4. The molecule has 0 fully saturated rings. The predicted octanol–water partition coefficient (Wildman–Crippen LogP) is 4.47. The Labute approximate surface area is 150 Å². The molecule has 120 valence electrons. The number of hydrogen-bond donors (Lipinski definition) is 1. The third kappa shape index (κ3) is 4.03. The fourth-order valence-electron chi connectivity index (χ4n) is 2.69. The van der Waals surface area contributed by atoms with Gasteiger partial charge in [-0.1, -0.05) is 34.1 Å². The summed E-state index contributed by atoms with van der Waals surface area (Å²) in [6.45, 7) is 3.74. The van der Waals surface area contributed by atoms with Gasteiger partial charge < -0.3 is 15.0 Å². The lowest BCUT2D eigenvalue weighted by Gasteiger charge is -2.27. The van der Waals surface area contributed by atoms with Crippen molar-refractivity contribution in [2.24, 2.45) is 0 Å². The molecule has 5 heteroatoms. The lowest BCUT2D eigenvalue weighted by atomic mass is 10.1. The smallest absolute Gasteiger partial charge is 0.173 e. The lowest BCUT2D eigenvalue weighted by molar-refractivity contribution is 0.194. The number of nitrogens with zero attached hydrogens (tertiary/aromatic N) is 1. The Bertz CT molecular complexity index is 665. The number of rotatable bonds is 4. The molecule has 0 amide bonds. The summed E-state index contributed by atoms with van der Waals surface area (Å²) in [5.41, 5.74) is 2.27. The summed E-state index contributed by atoms with van der Waals surface area (Å²) >= 11 is 9.00. The maximum absolute atomic E-state index is 6.02. The van der Waals surface area contributed by atoms with Crippen LogP contribution in [0.3, 0.4) is 0 Å². The van der Waals surface area contributed by atoms with Gasteiger partial charge in [0.05, 0.1) is 6.54 Å². The second-order valence-electron chi connectivity index (χ2n) is 5.53. The van der Waals surface area contributed by atoms with Crippen LogP contribution in [-0.4, -0.2) is 29.2 Å². The molecule has 23 heavy (non-hydrogen) atoms. The van der Waals surface area contributed by atoms with Crippen LogP contribution >= 0.6 is 28.1 Å². The van der Waals surface area contributed by atoms with Gasteiger partial charge in [0.15, 0.2) is 5.11 Å². The van der Waals surface area contributed by atoms with Gasteiger partial charge in [-0.3, -0.25) is 0 Å². The number of halogens is 1. The number of thiocarbonyl (C=S) groups is 1. The summed E-state index contributed by atoms with van der Waals surface area (Å²) in [6, 6.07) is 16.2. The van der Waals surface area contributed by atoms with E-state index in [1.807, 2.05) is 36.4 Å². The van der Waals surface area contributed by atoms with Gasteiger partial charge in [0, 0.05) is 23.1 Å². The summed E-state index contributed by atoms with van der Waals surface area (Å²) in [5, 5.41) is 4.03. The van der Waals surface area contributed by atoms with Crippen molar-refractivity contribution in [3.05, 3.63) is 58.6 Å². The summed E-state index contributed by atoms with van der Waals surface area (Å²) in [4.78, 5) is 2.15. The van der Waals surface area contributed by atoms with Crippen molar-refractivity contribution < 1.29 is 4.74 Å². The van der Waals surface area contributed by atoms with Crippen LogP contribution in [0.2, 0.25) is 0 Å². The van der Waals surface area contributed by atoms with E-state index >= 15 is 0 Å². The number of benzene rings is 2. The molecule has 0 aromatic heterocycles. The highest BCUT2D eigenvalue weighted by Gasteiger charge is 2.25. The fourth-order valence-corrected chi connectivity index (χ4v) is 3.28. The minimum atomic E-state index is 0.150. The molecule has 3 rings (SSSR count). The number of anilines is 1. The fraction of sp³-hybridized carbons (Fsp3) is 0.278. The minimum Gasteiger partial charge on any atom is -0.488 e. The Morgan fingerprint density at radius 2 is 2.00 bits per heavy atom. The number of hydrogen-bond acceptors (Lipinski definition) is 2. The molecule has 1 N–H and O–H groups in total. The van der Waals surface area contributed by atoms with Crippen molar-refractivity contribution in [2.75, 3.05) is 18.4 Å². The molecule has 3 nitrogen and oxygen atoms in total. The van der Waals surface area contributed by atoms with Crippen LogP contribution in [0.1, 0.15) is 12.5 Å². The zero-order chi connectivity index (χ0) is 16.2. The average Bonchev–Trinajstić information content (AvgIpc) is 2.97. The molecule has 2 aromatic carbocycles. The van der Waals surface area contributed by atoms with E-state index in [1.54, 1.807) is 0 Å². The van der Waals surface area contributed by atoms with Crippen molar-refractivity contribution in [3.8, 4) is 5.75 Å². The average molecular weight is 391 g/mol. The molecule has 1 atom stereocenters. The second kappa shape index (κ2) is 7.32. The summed E-state index contributed by atoms with van der Waals surface area (Å²) in [7, 11) is 0. The van der Waals surface area contributed by atoms with E-state index < -0.39 is 0 Å². The summed E-state index contributed by atoms with van der Waals surface area (Å²) in [5.74, 6) is 1.00. The van der Waals surface area contributed by atoms with E-state index in [1.165, 1.54) is 5.56 Å². The van der Waals surface area contributed by atoms with E-state index in [0.29, 0.717) is 0 Å². The Morgan fingerprint density at radius 1 is 1.26 bits per heavy atom. The van der Waals surface area contributed by atoms with Crippen molar-refractivity contribution in [1.29, 1.82) is 0 Å². The zero-order valence-electron chi connectivity index (χ0n) is 13.0. The third-order valence-electron chi connectivity index (χ3n) is 3.90. The molecular weight excluding hydrogens is 372 g/mol. The Balaban J connectivity index is 1.59. The first-order chi connectivity index (χ1) is 11.2. The molecular formula is C18H19BrN2OS. The standard InChI is InChI=1S/C18H19BrN2OS/c1-2-21(18(23)20-15-9-7-14(19)8-10-15)12-16-11-13-5-3-4-6-17(13)22-16/h3-10,16H,2,11-12H2,1H3,(H,20,23). The quantitative estimate of drug-likeness (QED) is 0.778. The first-order valence-corrected chi connectivity index (χ1v) is 8.92. The molecule has 0 aliphatic carbocycles. The van der Waals surface area contributed by atoms with E-state index in [4.69, 9.17) is 17.0 Å². The molecule has 1 aliphatic rings. The van der Waals surface area contributed by atoms with Crippen molar-refractivity contribution in [3.63, 3.8) is 0 Å². The number of fused-ring (bicyclic) bond motifs is 1. The summed E-state index contributed by atoms with van der Waals surface area (Å²) in [6.07, 6.45) is 1.09. The predicted molar refractivity (Wildman–Crippen MR) is 102 cm³/mol. The molecule has 2 aromatic rings. The SMILES string of the molecule is CCN(CC1Cc2ccccc2O1)C(=S)Nc1ccc(Br)cc1. The van der Waals surface area contributed by atoms with Crippen LogP contribution in [-0.2, 0) is 6.42 Å². The van der Waals surface area contributed by atoms with Gasteiger partial charge in [0.2, 0.25) is 0 Å². The normalized spacial score (nSPS) is 15.7. The first kappa shape index (κ1) is 16.3. The van der Waals surface area contributed by atoms with Gasteiger partial charge >= 0.3 is 0 Å². The number of ether oxygens (including phenoxy) is 1. The van der Waals surface area contributed by atoms with Crippen LogP contribution in [0.25, 0.3) is 0 Å². The van der Waals surface area contributed by atoms with Crippen LogP contribution in [0.15, 0.2) is 53.0 Å². The van der Waals surface area contributed by atoms with Crippen LogP contribution in [0.5, 0.6) is 5.75 Å². The van der Waals surface area contributed by atoms with Crippen molar-refractivity contribution in [2.45, 2.75) is 19.4 Å². The highest BCUT2D eigenvalue weighted by molar-refractivity contribution is 9.10. The third-order valence-corrected chi connectivity index (χ3v) is 4.79. The van der Waals surface area contributed by atoms with Crippen LogP contribution in [0, 0.1) is 0 Å². The van der Waals surface area contributed by atoms with Gasteiger partial charge in [0.1, 0.15) is 11.9 Å². The van der Waals surface area contributed by atoms with Gasteiger partial charge in [-0.05, 0) is 55.0 Å². The second-order valence-corrected chi connectivity index (χ2v) is 6.83. The maximum atomic E-state index is 6.02. The van der Waals surface area contributed by atoms with Gasteiger partial charge in [-0.15, -0.1) is 0 Å². The highest BCUT2D eigenvalue weighted by atomic mass is 79.9. The number of nitrogens with one attached hydrogen (secondary N) is 1. The topological polar surface area (TPSA) is 24.5 Å². The van der Waals surface area contributed by atoms with Crippen molar-refractivity contribution >= 4 is 38.9 Å². The largest absolute Gasteiger partial charge is 0.488 e. The highest BCUT2D eigenvalue weighted by Crippen LogP contribution is 2.28. The Kier molecular flexibility index (Phi) is 5.18. The Morgan fingerprint density at radius 3 is 2.70 bits per heavy atom. The molecule has 1 unspecified atom stereocenters. The molecule has 0 radical (unpaired) electrons. The maximum Gasteiger partial charge on any atom is 0.173 e. The van der Waals surface area contributed by atoms with E-state index in [2.05, 4.69) is 45.2 Å². The minimum absolute atomic E-state index is 0.150. The summed E-state index contributed by atoms with van der Waals surface area (Å²) < 4.78 is 7.07. The number of likely N-dealkylation sites (N-methyl/N-ethyl adjacent to an activating group) is 1. The molecule has 0 saturated carbocycles. The van der Waals surface area contributed by atoms with Gasteiger partial charge in [-0.2, -0.15) is 0 Å². The molecule has 0 saturated heterocycles. The molecule has 0 spiro atoms. The van der Waals surface area contributed by atoms with Crippen LogP contribution in [0.4, 0.5) is 5.69 Å². The first-order valence-electron chi connectivity index (χ1n) is 7.71. The lowest BCUT2D eigenvalue weighted by Crippen LogP contribution is -2.41. The van der Waals surface area contributed by atoms with Crippen LogP contribution < -0.4 is 10.1 Å². The molecule has 1 aliphatic heterocycles. The molecule has 0 bridgehead atoms.